The maximum Gasteiger partial charge on any atom is 0.424 e. The molecule has 0 aliphatic heterocycles. The fraction of sp³-hybridized carbons (Fsp3) is 0.515. The van der Waals surface area contributed by atoms with Crippen LogP contribution in [0.5, 0.6) is 0 Å². The molecular weight excluding hydrogens is 610 g/mol. The van der Waals surface area contributed by atoms with Crippen LogP contribution in [-0.2, 0) is 35.6 Å². The van der Waals surface area contributed by atoms with Crippen molar-refractivity contribution in [2.75, 3.05) is 19.7 Å². The zero-order chi connectivity index (χ0) is 34.1. The molecule has 46 heavy (non-hydrogen) atoms. The fourth-order valence-corrected chi connectivity index (χ4v) is 6.14. The summed E-state index contributed by atoms with van der Waals surface area (Å²) < 4.78 is 33.9. The van der Waals surface area contributed by atoms with Crippen molar-refractivity contribution in [3.05, 3.63) is 65.7 Å². The summed E-state index contributed by atoms with van der Waals surface area (Å²) in [7, 11) is -4.59. The van der Waals surface area contributed by atoms with E-state index < -0.39 is 46.1 Å². The molecule has 0 radical (unpaired) electrons. The Labute approximate surface area is 272 Å². The highest BCUT2D eigenvalue weighted by molar-refractivity contribution is 7.89. The average molecular weight is 660 g/mol. The Kier molecular flexibility index (Phi) is 16.4. The summed E-state index contributed by atoms with van der Waals surface area (Å²) in [6, 6.07) is 11.3. The minimum Gasteiger partial charge on any atom is -0.448 e. The van der Waals surface area contributed by atoms with E-state index in [1.54, 1.807) is 63.2 Å². The van der Waals surface area contributed by atoms with Gasteiger partial charge in [0, 0.05) is 6.42 Å². The van der Waals surface area contributed by atoms with Crippen LogP contribution in [0.2, 0.25) is 0 Å². The van der Waals surface area contributed by atoms with E-state index in [9.17, 15) is 27.6 Å². The topological polar surface area (TPSA) is 191 Å². The molecule has 12 nitrogen and oxygen atoms in total. The smallest absolute Gasteiger partial charge is 0.424 e. The number of nitrogens with two attached hydrogens (primary N) is 2. The third kappa shape index (κ3) is 12.2. The first kappa shape index (κ1) is 38.4. The Balaban J connectivity index is 2.53. The van der Waals surface area contributed by atoms with Gasteiger partial charge in [0.15, 0.2) is 0 Å². The Hall–Kier alpha value is -3.81. The van der Waals surface area contributed by atoms with Crippen molar-refractivity contribution in [1.29, 1.82) is 0 Å². The third-order valence-corrected chi connectivity index (χ3v) is 8.98. The maximum absolute atomic E-state index is 14.1. The number of hydrogen-bond acceptors (Lipinski definition) is 9. The van der Waals surface area contributed by atoms with Gasteiger partial charge in [-0.3, -0.25) is 9.59 Å². The van der Waals surface area contributed by atoms with Gasteiger partial charge >= 0.3 is 6.09 Å². The van der Waals surface area contributed by atoms with Gasteiger partial charge in [-0.25, -0.2) is 13.2 Å². The molecule has 0 aromatic heterocycles. The summed E-state index contributed by atoms with van der Waals surface area (Å²) in [6.45, 7) is 6.04. The number of amides is 3. The van der Waals surface area contributed by atoms with Crippen LogP contribution in [0.25, 0.3) is 0 Å². The van der Waals surface area contributed by atoms with E-state index in [1.807, 2.05) is 0 Å². The van der Waals surface area contributed by atoms with Gasteiger partial charge in [0.1, 0.15) is 18.4 Å². The van der Waals surface area contributed by atoms with Crippen molar-refractivity contribution < 1.29 is 32.3 Å². The molecule has 0 aliphatic carbocycles. The van der Waals surface area contributed by atoms with E-state index in [4.69, 9.17) is 16.2 Å². The predicted octanol–water partition coefficient (Wildman–Crippen LogP) is 2.82. The van der Waals surface area contributed by atoms with Gasteiger partial charge < -0.3 is 31.6 Å². The molecule has 254 valence electrons. The van der Waals surface area contributed by atoms with Gasteiger partial charge in [0.25, 0.3) is 10.0 Å². The van der Waals surface area contributed by atoms with Gasteiger partial charge in [-0.1, -0.05) is 61.9 Å². The number of sulfonamides is 1. The zero-order valence-electron chi connectivity index (χ0n) is 27.0. The van der Waals surface area contributed by atoms with Crippen molar-refractivity contribution in [3.8, 4) is 0 Å². The molecule has 3 amide bonds. The highest BCUT2D eigenvalue weighted by atomic mass is 32.2. The number of carbonyl (C=O) groups is 4. The molecule has 0 aliphatic rings. The normalized spacial score (nSPS) is 13.3. The second-order valence-corrected chi connectivity index (χ2v) is 13.5. The predicted molar refractivity (Wildman–Crippen MR) is 176 cm³/mol. The Bertz CT molecular complexity index is 1350. The lowest BCUT2D eigenvalue weighted by molar-refractivity contribution is -0.131. The molecule has 0 bridgehead atoms. The van der Waals surface area contributed by atoms with E-state index >= 15 is 0 Å². The number of aryl methyl sites for hydroxylation is 1. The first-order valence-electron chi connectivity index (χ1n) is 15.7. The summed E-state index contributed by atoms with van der Waals surface area (Å²) >= 11 is 0. The van der Waals surface area contributed by atoms with Crippen molar-refractivity contribution in [2.45, 2.75) is 88.7 Å². The van der Waals surface area contributed by atoms with Crippen molar-refractivity contribution in [1.82, 2.24) is 14.9 Å². The summed E-state index contributed by atoms with van der Waals surface area (Å²) in [4.78, 5) is 52.8. The zero-order valence-corrected chi connectivity index (χ0v) is 27.8. The van der Waals surface area contributed by atoms with Crippen LogP contribution in [0.1, 0.15) is 63.5 Å². The first-order chi connectivity index (χ1) is 21.9. The van der Waals surface area contributed by atoms with E-state index in [2.05, 4.69) is 10.6 Å². The Morgan fingerprint density at radius 1 is 0.870 bits per heavy atom. The second kappa shape index (κ2) is 19.6. The summed E-state index contributed by atoms with van der Waals surface area (Å²) in [5.41, 5.74) is 12.8. The highest BCUT2D eigenvalue weighted by Gasteiger charge is 2.42. The molecule has 2 aromatic carbocycles. The van der Waals surface area contributed by atoms with Gasteiger partial charge in [-0.2, -0.15) is 4.31 Å². The minimum atomic E-state index is -4.59. The molecule has 2 rings (SSSR count). The number of nitrogens with zero attached hydrogens (tertiary/aromatic N) is 1. The second-order valence-electron chi connectivity index (χ2n) is 11.7. The Morgan fingerprint density at radius 3 is 2.04 bits per heavy atom. The lowest BCUT2D eigenvalue weighted by Crippen LogP contribution is -2.57. The standard InChI is InChI=1S/C33H49N5O7S/c1-24(2)23-45-33(42)38(46(43,44)28-17-15-25(3)16-18-28)30(14-8-10-20-35)32(41)37-29(21-26-11-5-4-6-12-26)31(40)36-27(22-39)13-7-9-19-34/h4-6,11-12,15-18,22,24,27,29-30H,7-10,13-14,19-21,23,34-35H2,1-3H3,(H,36,40)(H,37,41)/t27-,29-,30+/m0/s1. The molecular formula is C33H49N5O7S. The lowest BCUT2D eigenvalue weighted by atomic mass is 10.0. The molecule has 0 saturated carbocycles. The van der Waals surface area contributed by atoms with Crippen molar-refractivity contribution in [3.63, 3.8) is 0 Å². The highest BCUT2D eigenvalue weighted by Crippen LogP contribution is 2.24. The number of benzene rings is 2. The fourth-order valence-electron chi connectivity index (χ4n) is 4.65. The first-order valence-corrected chi connectivity index (χ1v) is 17.2. The quantitative estimate of drug-likeness (QED) is 0.122. The van der Waals surface area contributed by atoms with Gasteiger partial charge in [0.2, 0.25) is 11.8 Å². The molecule has 2 aromatic rings. The number of unbranched alkanes of at least 4 members (excludes halogenated alkanes) is 2. The number of aldehydes is 1. The summed E-state index contributed by atoms with van der Waals surface area (Å²) in [6.07, 6.45) is 1.84. The van der Waals surface area contributed by atoms with Crippen molar-refractivity contribution >= 4 is 34.2 Å². The number of carbonyl (C=O) groups excluding carboxylic acids is 4. The Morgan fingerprint density at radius 2 is 1.48 bits per heavy atom. The van der Waals surface area contributed by atoms with Crippen molar-refractivity contribution in [2.24, 2.45) is 17.4 Å². The lowest BCUT2D eigenvalue weighted by Gasteiger charge is -2.31. The maximum atomic E-state index is 14.1. The molecule has 0 spiro atoms. The van der Waals surface area contributed by atoms with Crippen LogP contribution in [0.3, 0.4) is 0 Å². The SMILES string of the molecule is Cc1ccc(S(=O)(=O)N(C(=O)OCC(C)C)[C@H](CCCCN)C(=O)N[C@@H](Cc2ccccc2)C(=O)N[C@H](C=O)CCCCN)cc1. The summed E-state index contributed by atoms with van der Waals surface area (Å²) in [5.74, 6) is -1.60. The van der Waals surface area contributed by atoms with E-state index in [-0.39, 0.29) is 36.8 Å². The molecule has 0 unspecified atom stereocenters. The molecule has 0 fully saturated rings. The average Bonchev–Trinajstić information content (AvgIpc) is 3.03. The number of nitrogens with one attached hydrogen (secondary N) is 2. The van der Waals surface area contributed by atoms with Crippen LogP contribution in [0.4, 0.5) is 4.79 Å². The summed E-state index contributed by atoms with van der Waals surface area (Å²) in [5, 5.41) is 5.38. The van der Waals surface area contributed by atoms with Crippen LogP contribution in [-0.4, -0.2) is 74.7 Å². The van der Waals surface area contributed by atoms with E-state index in [0.29, 0.717) is 54.8 Å². The molecule has 6 N–H and O–H groups in total. The molecule has 3 atom stereocenters. The monoisotopic (exact) mass is 659 g/mol. The van der Waals surface area contributed by atoms with Crippen LogP contribution in [0.15, 0.2) is 59.5 Å². The number of ether oxygens (including phenoxy) is 1. The van der Waals surface area contributed by atoms with Gasteiger partial charge in [-0.05, 0) is 82.2 Å². The van der Waals surface area contributed by atoms with E-state index in [1.165, 1.54) is 12.1 Å². The molecule has 13 heteroatoms. The van der Waals surface area contributed by atoms with Gasteiger partial charge in [0.05, 0.1) is 17.5 Å². The van der Waals surface area contributed by atoms with Crippen LogP contribution >= 0.6 is 0 Å². The molecule has 0 saturated heterocycles. The van der Waals surface area contributed by atoms with Crippen LogP contribution < -0.4 is 22.1 Å². The molecule has 0 heterocycles. The van der Waals surface area contributed by atoms with E-state index in [0.717, 1.165) is 5.56 Å². The third-order valence-electron chi connectivity index (χ3n) is 7.19. The largest absolute Gasteiger partial charge is 0.448 e. The minimum absolute atomic E-state index is 0.0464. The van der Waals surface area contributed by atoms with Gasteiger partial charge in [-0.15, -0.1) is 0 Å². The van der Waals surface area contributed by atoms with Crippen LogP contribution in [0, 0.1) is 12.8 Å². The number of hydrogen-bond donors (Lipinski definition) is 4. The number of rotatable bonds is 20.